The molecule has 2 rings (SSSR count). The molecular weight excluding hydrogens is 250 g/mol. The van der Waals surface area contributed by atoms with Gasteiger partial charge in [-0.3, -0.25) is 4.79 Å². The van der Waals surface area contributed by atoms with E-state index in [0.29, 0.717) is 5.56 Å². The van der Waals surface area contributed by atoms with E-state index in [2.05, 4.69) is 27.8 Å². The average molecular weight is 269 g/mol. The van der Waals surface area contributed by atoms with Gasteiger partial charge in [0.15, 0.2) is 5.78 Å². The van der Waals surface area contributed by atoms with Crippen LogP contribution >= 0.6 is 0 Å². The number of carbonyl (C=O) groups is 1. The summed E-state index contributed by atoms with van der Waals surface area (Å²) in [6, 6.07) is 13.8. The van der Waals surface area contributed by atoms with Gasteiger partial charge in [0.2, 0.25) is 0 Å². The zero-order valence-corrected chi connectivity index (χ0v) is 11.6. The van der Waals surface area contributed by atoms with Crippen LogP contribution in [0.3, 0.4) is 0 Å². The van der Waals surface area contributed by atoms with E-state index in [1.165, 1.54) is 0 Å². The van der Waals surface area contributed by atoms with Crippen molar-refractivity contribution in [1.29, 1.82) is 0 Å². The number of pyridine rings is 1. The number of hydrogen-bond donors (Lipinski definition) is 2. The van der Waals surface area contributed by atoms with E-state index < -0.39 is 0 Å². The molecule has 2 aromatic rings. The lowest BCUT2D eigenvalue weighted by Crippen LogP contribution is -2.10. The Morgan fingerprint density at radius 1 is 1.05 bits per heavy atom. The molecule has 20 heavy (non-hydrogen) atoms. The minimum absolute atomic E-state index is 0.0381. The number of carbonyl (C=O) groups excluding carboxylic acids is 1. The number of hydrogen-bond acceptors (Lipinski definition) is 4. The molecule has 0 bridgehead atoms. The van der Waals surface area contributed by atoms with Gasteiger partial charge in [-0.15, -0.1) is 0 Å². The SMILES string of the molecule is CC(=O)c1ccc(NCCCNc2ccccc2)nc1. The van der Waals surface area contributed by atoms with Crippen molar-refractivity contribution in [1.82, 2.24) is 4.98 Å². The van der Waals surface area contributed by atoms with Crippen LogP contribution in [0.25, 0.3) is 0 Å². The van der Waals surface area contributed by atoms with Gasteiger partial charge in [0.05, 0.1) is 0 Å². The number of para-hydroxylation sites is 1. The molecule has 0 atom stereocenters. The summed E-state index contributed by atoms with van der Waals surface area (Å²) < 4.78 is 0. The second-order valence-corrected chi connectivity index (χ2v) is 4.56. The highest BCUT2D eigenvalue weighted by atomic mass is 16.1. The zero-order valence-electron chi connectivity index (χ0n) is 11.6. The van der Waals surface area contributed by atoms with Crippen molar-refractivity contribution in [2.75, 3.05) is 23.7 Å². The molecule has 0 aliphatic carbocycles. The standard InChI is InChI=1S/C16H19N3O/c1-13(20)14-8-9-16(19-12-14)18-11-5-10-17-15-6-3-2-4-7-15/h2-4,6-9,12,17H,5,10-11H2,1H3,(H,18,19). The number of rotatable bonds is 7. The Hall–Kier alpha value is -2.36. The van der Waals surface area contributed by atoms with E-state index in [1.54, 1.807) is 19.2 Å². The highest BCUT2D eigenvalue weighted by Gasteiger charge is 1.99. The monoisotopic (exact) mass is 269 g/mol. The molecule has 0 unspecified atom stereocenters. The molecule has 0 saturated heterocycles. The van der Waals surface area contributed by atoms with Gasteiger partial charge >= 0.3 is 0 Å². The molecule has 0 spiro atoms. The van der Waals surface area contributed by atoms with Gasteiger partial charge in [-0.1, -0.05) is 18.2 Å². The van der Waals surface area contributed by atoms with Crippen LogP contribution in [0, 0.1) is 0 Å². The number of aromatic nitrogens is 1. The predicted octanol–water partition coefficient (Wildman–Crippen LogP) is 3.20. The van der Waals surface area contributed by atoms with E-state index in [9.17, 15) is 4.79 Å². The molecule has 1 aromatic carbocycles. The smallest absolute Gasteiger partial charge is 0.161 e. The maximum absolute atomic E-state index is 11.1. The van der Waals surface area contributed by atoms with Crippen LogP contribution in [0.5, 0.6) is 0 Å². The Morgan fingerprint density at radius 2 is 1.80 bits per heavy atom. The minimum Gasteiger partial charge on any atom is -0.385 e. The molecular formula is C16H19N3O. The summed E-state index contributed by atoms with van der Waals surface area (Å²) in [5, 5.41) is 6.58. The van der Waals surface area contributed by atoms with E-state index >= 15 is 0 Å². The molecule has 4 heteroatoms. The Kier molecular flexibility index (Phi) is 5.12. The number of nitrogens with zero attached hydrogens (tertiary/aromatic N) is 1. The molecule has 0 fully saturated rings. The van der Waals surface area contributed by atoms with Crippen molar-refractivity contribution >= 4 is 17.3 Å². The van der Waals surface area contributed by atoms with Crippen molar-refractivity contribution in [2.24, 2.45) is 0 Å². The zero-order chi connectivity index (χ0) is 14.2. The van der Waals surface area contributed by atoms with Gasteiger partial charge in [0, 0.05) is 30.5 Å². The van der Waals surface area contributed by atoms with Crippen molar-refractivity contribution in [3.8, 4) is 0 Å². The van der Waals surface area contributed by atoms with Crippen LogP contribution in [0.15, 0.2) is 48.7 Å². The van der Waals surface area contributed by atoms with E-state index in [1.807, 2.05) is 24.3 Å². The van der Waals surface area contributed by atoms with E-state index in [4.69, 9.17) is 0 Å². The van der Waals surface area contributed by atoms with Crippen molar-refractivity contribution in [3.05, 3.63) is 54.2 Å². The third kappa shape index (κ3) is 4.39. The fraction of sp³-hybridized carbons (Fsp3) is 0.250. The lowest BCUT2D eigenvalue weighted by Gasteiger charge is -2.08. The summed E-state index contributed by atoms with van der Waals surface area (Å²) in [4.78, 5) is 15.3. The molecule has 2 N–H and O–H groups in total. The lowest BCUT2D eigenvalue weighted by atomic mass is 10.2. The number of benzene rings is 1. The Labute approximate surface area is 119 Å². The Bertz CT molecular complexity index is 537. The van der Waals surface area contributed by atoms with E-state index in [-0.39, 0.29) is 5.78 Å². The normalized spacial score (nSPS) is 10.1. The number of Topliss-reactive ketones (excluding diaryl/α,β-unsaturated/α-hetero) is 1. The third-order valence-corrected chi connectivity index (χ3v) is 2.93. The molecule has 104 valence electrons. The maximum atomic E-state index is 11.1. The van der Waals surface area contributed by atoms with Gasteiger partial charge in [-0.25, -0.2) is 4.98 Å². The summed E-state index contributed by atoms with van der Waals surface area (Å²) in [5.74, 6) is 0.839. The molecule has 0 radical (unpaired) electrons. The number of anilines is 2. The summed E-state index contributed by atoms with van der Waals surface area (Å²) in [6.45, 7) is 3.29. The van der Waals surface area contributed by atoms with Gasteiger partial charge in [0.1, 0.15) is 5.82 Å². The van der Waals surface area contributed by atoms with Crippen molar-refractivity contribution < 1.29 is 4.79 Å². The first-order valence-corrected chi connectivity index (χ1v) is 6.75. The molecule has 0 aliphatic rings. The van der Waals surface area contributed by atoms with E-state index in [0.717, 1.165) is 31.0 Å². The number of nitrogens with one attached hydrogen (secondary N) is 2. The fourth-order valence-corrected chi connectivity index (χ4v) is 1.80. The van der Waals surface area contributed by atoms with Crippen LogP contribution in [0.2, 0.25) is 0 Å². The first-order chi connectivity index (χ1) is 9.75. The first kappa shape index (κ1) is 14.1. The molecule has 0 amide bonds. The highest BCUT2D eigenvalue weighted by Crippen LogP contribution is 2.06. The quantitative estimate of drug-likeness (QED) is 0.598. The lowest BCUT2D eigenvalue weighted by molar-refractivity contribution is 0.101. The van der Waals surface area contributed by atoms with Gasteiger partial charge in [-0.05, 0) is 37.6 Å². The third-order valence-electron chi connectivity index (χ3n) is 2.93. The summed E-state index contributed by atoms with van der Waals surface area (Å²) in [6.07, 6.45) is 2.60. The van der Waals surface area contributed by atoms with Crippen LogP contribution < -0.4 is 10.6 Å². The highest BCUT2D eigenvalue weighted by molar-refractivity contribution is 5.93. The van der Waals surface area contributed by atoms with Crippen molar-refractivity contribution in [2.45, 2.75) is 13.3 Å². The fourth-order valence-electron chi connectivity index (χ4n) is 1.80. The van der Waals surface area contributed by atoms with Crippen LogP contribution in [-0.2, 0) is 0 Å². The average Bonchev–Trinajstić information content (AvgIpc) is 2.48. The van der Waals surface area contributed by atoms with Crippen LogP contribution in [0.1, 0.15) is 23.7 Å². The first-order valence-electron chi connectivity index (χ1n) is 6.75. The van der Waals surface area contributed by atoms with Gasteiger partial charge in [0.25, 0.3) is 0 Å². The minimum atomic E-state index is 0.0381. The largest absolute Gasteiger partial charge is 0.385 e. The molecule has 0 saturated carbocycles. The molecule has 4 nitrogen and oxygen atoms in total. The summed E-state index contributed by atoms with van der Waals surface area (Å²) >= 11 is 0. The predicted molar refractivity (Wildman–Crippen MR) is 82.3 cm³/mol. The number of ketones is 1. The second kappa shape index (κ2) is 7.28. The molecule has 1 heterocycles. The summed E-state index contributed by atoms with van der Waals surface area (Å²) in [7, 11) is 0. The topological polar surface area (TPSA) is 54.0 Å². The maximum Gasteiger partial charge on any atom is 0.161 e. The molecule has 1 aromatic heterocycles. The van der Waals surface area contributed by atoms with Crippen LogP contribution in [0.4, 0.5) is 11.5 Å². The van der Waals surface area contributed by atoms with Gasteiger partial charge < -0.3 is 10.6 Å². The van der Waals surface area contributed by atoms with Gasteiger partial charge in [-0.2, -0.15) is 0 Å². The Balaban J connectivity index is 1.67. The second-order valence-electron chi connectivity index (χ2n) is 4.56. The van der Waals surface area contributed by atoms with Crippen molar-refractivity contribution in [3.63, 3.8) is 0 Å². The Morgan fingerprint density at radius 3 is 2.45 bits per heavy atom. The molecule has 0 aliphatic heterocycles. The summed E-state index contributed by atoms with van der Waals surface area (Å²) in [5.41, 5.74) is 1.78. The van der Waals surface area contributed by atoms with Crippen LogP contribution in [-0.4, -0.2) is 23.9 Å².